The fourth-order valence-corrected chi connectivity index (χ4v) is 1.91. The Hall–Kier alpha value is -1.75. The predicted octanol–water partition coefficient (Wildman–Crippen LogP) is 0.904. The molecule has 1 fully saturated rings. The highest BCUT2D eigenvalue weighted by molar-refractivity contribution is 6.23. The second-order valence-electron chi connectivity index (χ2n) is 4.98. The van der Waals surface area contributed by atoms with Crippen molar-refractivity contribution in [3.63, 3.8) is 0 Å². The molecule has 5 heteroatoms. The number of rotatable bonds is 2. The topological polar surface area (TPSA) is 70.5 Å². The van der Waals surface area contributed by atoms with Gasteiger partial charge >= 0.3 is 0 Å². The van der Waals surface area contributed by atoms with E-state index in [2.05, 4.69) is 4.98 Å². The molecule has 96 valence electrons. The van der Waals surface area contributed by atoms with E-state index in [9.17, 15) is 14.7 Å². The lowest BCUT2D eigenvalue weighted by Gasteiger charge is -2.17. The Morgan fingerprint density at radius 1 is 1.39 bits per heavy atom. The summed E-state index contributed by atoms with van der Waals surface area (Å²) in [5.41, 5.74) is -0.0694. The Morgan fingerprint density at radius 2 is 2.06 bits per heavy atom. The zero-order chi connectivity index (χ0) is 13.5. The van der Waals surface area contributed by atoms with Crippen LogP contribution in [-0.4, -0.2) is 28.0 Å². The molecule has 2 rings (SSSR count). The molecule has 0 bridgehead atoms. The number of aliphatic hydroxyl groups is 1. The Bertz CT molecular complexity index is 493. The van der Waals surface area contributed by atoms with E-state index < -0.39 is 23.3 Å². The number of anilines is 1. The van der Waals surface area contributed by atoms with E-state index in [1.165, 1.54) is 0 Å². The SMILES string of the molecule is CCc1ccc(N2C(=O)C(O)C(C)(C)C2=O)nc1. The van der Waals surface area contributed by atoms with Gasteiger partial charge in [0.15, 0.2) is 0 Å². The van der Waals surface area contributed by atoms with Crippen LogP contribution in [0.4, 0.5) is 5.82 Å². The maximum Gasteiger partial charge on any atom is 0.264 e. The molecule has 1 aromatic heterocycles. The molecule has 1 aliphatic rings. The molecular weight excluding hydrogens is 232 g/mol. The minimum atomic E-state index is -1.31. The molecule has 1 aliphatic heterocycles. The second-order valence-corrected chi connectivity index (χ2v) is 4.98. The van der Waals surface area contributed by atoms with E-state index in [1.54, 1.807) is 26.1 Å². The van der Waals surface area contributed by atoms with Gasteiger partial charge in [0.2, 0.25) is 5.91 Å². The van der Waals surface area contributed by atoms with Crippen LogP contribution >= 0.6 is 0 Å². The number of amides is 2. The molecule has 0 aliphatic carbocycles. The van der Waals surface area contributed by atoms with Crippen LogP contribution in [0.15, 0.2) is 18.3 Å². The van der Waals surface area contributed by atoms with Crippen LogP contribution in [0, 0.1) is 5.41 Å². The molecule has 1 saturated heterocycles. The highest BCUT2D eigenvalue weighted by Crippen LogP contribution is 2.34. The van der Waals surface area contributed by atoms with Gasteiger partial charge in [0.05, 0.1) is 5.41 Å². The number of hydrogen-bond donors (Lipinski definition) is 1. The lowest BCUT2D eigenvalue weighted by atomic mass is 9.89. The Labute approximate surface area is 105 Å². The summed E-state index contributed by atoms with van der Waals surface area (Å²) in [6, 6.07) is 3.45. The number of aliphatic hydroxyl groups excluding tert-OH is 1. The summed E-state index contributed by atoms with van der Waals surface area (Å²) in [6.07, 6.45) is 1.16. The summed E-state index contributed by atoms with van der Waals surface area (Å²) in [4.78, 5) is 29.1. The number of carbonyl (C=O) groups is 2. The van der Waals surface area contributed by atoms with E-state index in [-0.39, 0.29) is 5.82 Å². The fraction of sp³-hybridized carbons (Fsp3) is 0.462. The molecule has 0 aromatic carbocycles. The van der Waals surface area contributed by atoms with E-state index >= 15 is 0 Å². The minimum absolute atomic E-state index is 0.270. The molecule has 1 N–H and O–H groups in total. The number of carbonyl (C=O) groups excluding carboxylic acids is 2. The number of imide groups is 1. The highest BCUT2D eigenvalue weighted by atomic mass is 16.3. The summed E-state index contributed by atoms with van der Waals surface area (Å²) in [5, 5.41) is 9.79. The van der Waals surface area contributed by atoms with Gasteiger partial charge in [-0.25, -0.2) is 9.88 Å². The number of aromatic nitrogens is 1. The number of pyridine rings is 1. The average Bonchev–Trinajstić information content (AvgIpc) is 2.51. The van der Waals surface area contributed by atoms with Crippen molar-refractivity contribution in [3.05, 3.63) is 23.9 Å². The van der Waals surface area contributed by atoms with Crippen LogP contribution in [0.3, 0.4) is 0 Å². The Balaban J connectivity index is 2.39. The van der Waals surface area contributed by atoms with E-state index in [0.29, 0.717) is 0 Å². The van der Waals surface area contributed by atoms with E-state index in [4.69, 9.17) is 0 Å². The quantitative estimate of drug-likeness (QED) is 0.789. The van der Waals surface area contributed by atoms with E-state index in [0.717, 1.165) is 16.9 Å². The van der Waals surface area contributed by atoms with Crippen molar-refractivity contribution < 1.29 is 14.7 Å². The summed E-state index contributed by atoms with van der Waals surface area (Å²) in [5.74, 6) is -0.759. The molecule has 1 aromatic rings. The van der Waals surface area contributed by atoms with Crippen molar-refractivity contribution in [1.29, 1.82) is 0 Å². The Kier molecular flexibility index (Phi) is 2.94. The maximum atomic E-state index is 12.1. The van der Waals surface area contributed by atoms with Crippen molar-refractivity contribution in [1.82, 2.24) is 4.98 Å². The predicted molar refractivity (Wildman–Crippen MR) is 65.9 cm³/mol. The zero-order valence-electron chi connectivity index (χ0n) is 10.7. The van der Waals surface area contributed by atoms with Crippen LogP contribution < -0.4 is 4.90 Å². The fourth-order valence-electron chi connectivity index (χ4n) is 1.91. The number of nitrogens with zero attached hydrogens (tertiary/aromatic N) is 2. The third-order valence-electron chi connectivity index (χ3n) is 3.34. The molecular formula is C13H16N2O3. The molecule has 0 spiro atoms. The zero-order valence-corrected chi connectivity index (χ0v) is 10.7. The summed E-state index contributed by atoms with van der Waals surface area (Å²) in [6.45, 7) is 5.10. The first-order valence-electron chi connectivity index (χ1n) is 5.91. The second kappa shape index (κ2) is 4.17. The summed E-state index contributed by atoms with van der Waals surface area (Å²) >= 11 is 0. The first-order valence-corrected chi connectivity index (χ1v) is 5.91. The van der Waals surface area contributed by atoms with Crippen LogP contribution in [0.2, 0.25) is 0 Å². The third kappa shape index (κ3) is 1.71. The average molecular weight is 248 g/mol. The van der Waals surface area contributed by atoms with Crippen molar-refractivity contribution in [2.75, 3.05) is 4.90 Å². The van der Waals surface area contributed by atoms with E-state index in [1.807, 2.05) is 13.0 Å². The molecule has 0 radical (unpaired) electrons. The molecule has 2 heterocycles. The van der Waals surface area contributed by atoms with Gasteiger partial charge in [-0.3, -0.25) is 9.59 Å². The van der Waals surface area contributed by atoms with Crippen molar-refractivity contribution >= 4 is 17.6 Å². The molecule has 1 unspecified atom stereocenters. The van der Waals surface area contributed by atoms with Gasteiger partial charge in [-0.05, 0) is 31.9 Å². The van der Waals surface area contributed by atoms with Gasteiger partial charge < -0.3 is 5.11 Å². The molecule has 2 amide bonds. The molecule has 18 heavy (non-hydrogen) atoms. The van der Waals surface area contributed by atoms with Crippen molar-refractivity contribution in [3.8, 4) is 0 Å². The first-order chi connectivity index (χ1) is 8.39. The standard InChI is InChI=1S/C13H16N2O3/c1-4-8-5-6-9(14-7-8)15-11(17)10(16)13(2,3)12(15)18/h5-7,10,16H,4H2,1-3H3. The Morgan fingerprint density at radius 3 is 2.44 bits per heavy atom. The molecule has 1 atom stereocenters. The molecule has 0 saturated carbocycles. The largest absolute Gasteiger partial charge is 0.382 e. The van der Waals surface area contributed by atoms with Gasteiger partial charge in [0, 0.05) is 6.20 Å². The normalized spacial score (nSPS) is 22.7. The monoisotopic (exact) mass is 248 g/mol. The van der Waals surface area contributed by atoms with Gasteiger partial charge in [-0.2, -0.15) is 0 Å². The van der Waals surface area contributed by atoms with Gasteiger partial charge in [-0.1, -0.05) is 13.0 Å². The van der Waals surface area contributed by atoms with Crippen LogP contribution in [0.25, 0.3) is 0 Å². The van der Waals surface area contributed by atoms with Gasteiger partial charge in [0.25, 0.3) is 5.91 Å². The number of hydrogen-bond acceptors (Lipinski definition) is 4. The highest BCUT2D eigenvalue weighted by Gasteiger charge is 2.53. The maximum absolute atomic E-state index is 12.1. The minimum Gasteiger partial charge on any atom is -0.382 e. The first kappa shape index (κ1) is 12.7. The molecule has 5 nitrogen and oxygen atoms in total. The third-order valence-corrected chi connectivity index (χ3v) is 3.34. The van der Waals surface area contributed by atoms with Crippen LogP contribution in [-0.2, 0) is 16.0 Å². The summed E-state index contributed by atoms with van der Waals surface area (Å²) < 4.78 is 0. The smallest absolute Gasteiger partial charge is 0.264 e. The van der Waals surface area contributed by atoms with Crippen molar-refractivity contribution in [2.45, 2.75) is 33.3 Å². The lowest BCUT2D eigenvalue weighted by molar-refractivity contribution is -0.129. The van der Waals surface area contributed by atoms with Gasteiger partial charge in [-0.15, -0.1) is 0 Å². The van der Waals surface area contributed by atoms with Gasteiger partial charge in [0.1, 0.15) is 11.9 Å². The number of aryl methyl sites for hydroxylation is 1. The summed E-state index contributed by atoms with van der Waals surface area (Å²) in [7, 11) is 0. The van der Waals surface area contributed by atoms with Crippen LogP contribution in [0.5, 0.6) is 0 Å². The van der Waals surface area contributed by atoms with Crippen LogP contribution in [0.1, 0.15) is 26.3 Å². The van der Waals surface area contributed by atoms with Crippen molar-refractivity contribution in [2.24, 2.45) is 5.41 Å². The lowest BCUT2D eigenvalue weighted by Crippen LogP contribution is -2.33.